The van der Waals surface area contributed by atoms with Gasteiger partial charge in [-0.05, 0) is 68.1 Å². The molecule has 0 radical (unpaired) electrons. The number of ether oxygens (including phenoxy) is 1. The van der Waals surface area contributed by atoms with Gasteiger partial charge in [0.25, 0.3) is 0 Å². The number of carbonyl (C=O) groups excluding carboxylic acids is 1. The molecule has 1 amide bonds. The Balaban J connectivity index is 1.62. The first-order chi connectivity index (χ1) is 11.6. The Morgan fingerprint density at radius 2 is 1.67 bits per heavy atom. The van der Waals surface area contributed by atoms with E-state index in [0.29, 0.717) is 13.2 Å². The summed E-state index contributed by atoms with van der Waals surface area (Å²) in [5.74, 6) is 0.153. The molecule has 1 aliphatic rings. The van der Waals surface area contributed by atoms with Crippen molar-refractivity contribution in [3.63, 3.8) is 0 Å². The van der Waals surface area contributed by atoms with E-state index in [1.54, 1.807) is 0 Å². The average Bonchev–Trinajstić information content (AvgIpc) is 2.60. The maximum atomic E-state index is 12.2. The van der Waals surface area contributed by atoms with E-state index in [1.807, 2.05) is 24.3 Å². The van der Waals surface area contributed by atoms with Crippen LogP contribution in [0.4, 0.5) is 17.1 Å². The Kier molecular flexibility index (Phi) is 5.16. The molecule has 1 aliphatic heterocycles. The van der Waals surface area contributed by atoms with E-state index in [2.05, 4.69) is 42.7 Å². The van der Waals surface area contributed by atoms with Gasteiger partial charge in [0.1, 0.15) is 0 Å². The highest BCUT2D eigenvalue weighted by atomic mass is 16.5. The lowest BCUT2D eigenvalue weighted by atomic mass is 9.99. The molecule has 1 saturated heterocycles. The topological polar surface area (TPSA) is 50.4 Å². The molecule has 2 aromatic carbocycles. The third kappa shape index (κ3) is 4.15. The monoisotopic (exact) mass is 324 g/mol. The van der Waals surface area contributed by atoms with Crippen LogP contribution in [0.5, 0.6) is 0 Å². The normalized spacial score (nSPS) is 15.1. The number of aryl methyl sites for hydroxylation is 2. The molecule has 1 heterocycles. The molecule has 0 saturated carbocycles. The van der Waals surface area contributed by atoms with Crippen LogP contribution in [0.1, 0.15) is 24.0 Å². The largest absolute Gasteiger partial charge is 0.381 e. The van der Waals surface area contributed by atoms with Crippen LogP contribution < -0.4 is 10.6 Å². The molecular weight excluding hydrogens is 300 g/mol. The number of anilines is 3. The zero-order valence-corrected chi connectivity index (χ0v) is 14.3. The second-order valence-electron chi connectivity index (χ2n) is 6.40. The third-order valence-corrected chi connectivity index (χ3v) is 4.42. The maximum Gasteiger partial charge on any atom is 0.227 e. The number of rotatable bonds is 4. The minimum atomic E-state index is 0.0616. The number of hydrogen-bond donors (Lipinski definition) is 2. The van der Waals surface area contributed by atoms with Crippen molar-refractivity contribution in [1.82, 2.24) is 0 Å². The van der Waals surface area contributed by atoms with E-state index in [0.717, 1.165) is 29.9 Å². The fourth-order valence-corrected chi connectivity index (χ4v) is 2.87. The first-order valence-corrected chi connectivity index (χ1v) is 8.45. The Labute approximate surface area is 143 Å². The quantitative estimate of drug-likeness (QED) is 0.876. The van der Waals surface area contributed by atoms with Crippen LogP contribution in [0.2, 0.25) is 0 Å². The van der Waals surface area contributed by atoms with Crippen molar-refractivity contribution < 1.29 is 9.53 Å². The van der Waals surface area contributed by atoms with Crippen molar-refractivity contribution in [2.75, 3.05) is 23.8 Å². The average molecular weight is 324 g/mol. The zero-order chi connectivity index (χ0) is 16.9. The predicted molar refractivity (Wildman–Crippen MR) is 97.8 cm³/mol. The van der Waals surface area contributed by atoms with Gasteiger partial charge in [0.05, 0.1) is 0 Å². The lowest BCUT2D eigenvalue weighted by molar-refractivity contribution is -0.122. The lowest BCUT2D eigenvalue weighted by Crippen LogP contribution is -2.28. The van der Waals surface area contributed by atoms with Crippen LogP contribution in [-0.2, 0) is 9.53 Å². The minimum absolute atomic E-state index is 0.0616. The zero-order valence-electron chi connectivity index (χ0n) is 14.3. The second-order valence-corrected chi connectivity index (χ2v) is 6.40. The van der Waals surface area contributed by atoms with Gasteiger partial charge in [0.15, 0.2) is 0 Å². The number of nitrogens with one attached hydrogen (secondary N) is 2. The molecule has 0 aromatic heterocycles. The molecule has 0 unspecified atom stereocenters. The predicted octanol–water partition coefficient (Wildman–Crippen LogP) is 4.41. The van der Waals surface area contributed by atoms with Crippen molar-refractivity contribution in [3.05, 3.63) is 53.6 Å². The van der Waals surface area contributed by atoms with Crippen LogP contribution in [0.15, 0.2) is 42.5 Å². The first kappa shape index (κ1) is 16.5. The van der Waals surface area contributed by atoms with E-state index >= 15 is 0 Å². The molecular formula is C20H24N2O2. The van der Waals surface area contributed by atoms with Gasteiger partial charge in [-0.25, -0.2) is 0 Å². The van der Waals surface area contributed by atoms with Gasteiger partial charge in [-0.2, -0.15) is 0 Å². The van der Waals surface area contributed by atoms with Crippen molar-refractivity contribution >= 4 is 23.0 Å². The molecule has 2 aromatic rings. The van der Waals surface area contributed by atoms with Gasteiger partial charge in [-0.1, -0.05) is 12.1 Å². The second kappa shape index (κ2) is 7.49. The summed E-state index contributed by atoms with van der Waals surface area (Å²) in [5.41, 5.74) is 5.38. The molecule has 4 heteroatoms. The highest BCUT2D eigenvalue weighted by Crippen LogP contribution is 2.24. The molecule has 0 atom stereocenters. The number of hydrogen-bond acceptors (Lipinski definition) is 3. The van der Waals surface area contributed by atoms with Gasteiger partial charge in [0, 0.05) is 36.2 Å². The molecule has 4 nitrogen and oxygen atoms in total. The van der Waals surface area contributed by atoms with Crippen LogP contribution in [0.3, 0.4) is 0 Å². The SMILES string of the molecule is Cc1ccc(C)c(Nc2ccc(NC(=O)C3CCOCC3)cc2)c1. The third-order valence-electron chi connectivity index (χ3n) is 4.42. The molecule has 3 rings (SSSR count). The van der Waals surface area contributed by atoms with Gasteiger partial charge < -0.3 is 15.4 Å². The van der Waals surface area contributed by atoms with Crippen molar-refractivity contribution in [1.29, 1.82) is 0 Å². The highest BCUT2D eigenvalue weighted by Gasteiger charge is 2.21. The molecule has 0 bridgehead atoms. The molecule has 24 heavy (non-hydrogen) atoms. The molecule has 1 fully saturated rings. The van der Waals surface area contributed by atoms with Gasteiger partial charge in [-0.15, -0.1) is 0 Å². The van der Waals surface area contributed by atoms with Crippen molar-refractivity contribution in [2.45, 2.75) is 26.7 Å². The first-order valence-electron chi connectivity index (χ1n) is 8.45. The summed E-state index contributed by atoms with van der Waals surface area (Å²) in [6.45, 7) is 5.53. The van der Waals surface area contributed by atoms with Gasteiger partial charge in [-0.3, -0.25) is 4.79 Å². The standard InChI is InChI=1S/C20H24N2O2/c1-14-3-4-15(2)19(13-14)21-17-5-7-18(8-6-17)22-20(23)16-9-11-24-12-10-16/h3-8,13,16,21H,9-12H2,1-2H3,(H,22,23). The summed E-state index contributed by atoms with van der Waals surface area (Å²) in [7, 11) is 0. The van der Waals surface area contributed by atoms with Crippen LogP contribution in [0, 0.1) is 19.8 Å². The van der Waals surface area contributed by atoms with E-state index in [1.165, 1.54) is 11.1 Å². The Bertz CT molecular complexity index is 704. The molecule has 126 valence electrons. The van der Waals surface area contributed by atoms with Crippen LogP contribution >= 0.6 is 0 Å². The van der Waals surface area contributed by atoms with E-state index in [-0.39, 0.29) is 11.8 Å². The van der Waals surface area contributed by atoms with Crippen LogP contribution in [0.25, 0.3) is 0 Å². The fourth-order valence-electron chi connectivity index (χ4n) is 2.87. The number of amides is 1. The van der Waals surface area contributed by atoms with Gasteiger partial charge >= 0.3 is 0 Å². The molecule has 2 N–H and O–H groups in total. The highest BCUT2D eigenvalue weighted by molar-refractivity contribution is 5.92. The summed E-state index contributed by atoms with van der Waals surface area (Å²) in [4.78, 5) is 12.2. The summed E-state index contributed by atoms with van der Waals surface area (Å²) in [5, 5.41) is 6.43. The Morgan fingerprint density at radius 3 is 2.38 bits per heavy atom. The maximum absolute atomic E-state index is 12.2. The molecule has 0 aliphatic carbocycles. The Hall–Kier alpha value is -2.33. The van der Waals surface area contributed by atoms with Gasteiger partial charge in [0.2, 0.25) is 5.91 Å². The lowest BCUT2D eigenvalue weighted by Gasteiger charge is -2.21. The summed E-state index contributed by atoms with van der Waals surface area (Å²) in [6.07, 6.45) is 1.61. The summed E-state index contributed by atoms with van der Waals surface area (Å²) in [6, 6.07) is 14.2. The summed E-state index contributed by atoms with van der Waals surface area (Å²) < 4.78 is 5.30. The van der Waals surface area contributed by atoms with E-state index < -0.39 is 0 Å². The number of benzene rings is 2. The molecule has 0 spiro atoms. The van der Waals surface area contributed by atoms with Crippen LogP contribution in [-0.4, -0.2) is 19.1 Å². The summed E-state index contributed by atoms with van der Waals surface area (Å²) >= 11 is 0. The van der Waals surface area contributed by atoms with Crippen molar-refractivity contribution in [3.8, 4) is 0 Å². The van der Waals surface area contributed by atoms with E-state index in [4.69, 9.17) is 4.74 Å². The Morgan fingerprint density at radius 1 is 1.00 bits per heavy atom. The minimum Gasteiger partial charge on any atom is -0.381 e. The van der Waals surface area contributed by atoms with E-state index in [9.17, 15) is 4.79 Å². The smallest absolute Gasteiger partial charge is 0.227 e. The van der Waals surface area contributed by atoms with Crippen molar-refractivity contribution in [2.24, 2.45) is 5.92 Å². The fraction of sp³-hybridized carbons (Fsp3) is 0.350. The number of carbonyl (C=O) groups is 1.